The van der Waals surface area contributed by atoms with Crippen molar-refractivity contribution >= 4 is 0 Å². The van der Waals surface area contributed by atoms with Crippen LogP contribution in [0.5, 0.6) is 0 Å². The molecule has 1 heterocycles. The van der Waals surface area contributed by atoms with Gasteiger partial charge in [0.05, 0.1) is 5.69 Å². The number of aryl methyl sites for hydroxylation is 4. The summed E-state index contributed by atoms with van der Waals surface area (Å²) >= 11 is 0. The van der Waals surface area contributed by atoms with Gasteiger partial charge in [-0.3, -0.25) is 4.68 Å². The Morgan fingerprint density at radius 1 is 1.16 bits per heavy atom. The van der Waals surface area contributed by atoms with Gasteiger partial charge in [0.2, 0.25) is 0 Å². The summed E-state index contributed by atoms with van der Waals surface area (Å²) in [7, 11) is 1.94. The molecule has 0 saturated carbocycles. The van der Waals surface area contributed by atoms with E-state index >= 15 is 0 Å². The van der Waals surface area contributed by atoms with Crippen molar-refractivity contribution in [3.8, 4) is 0 Å². The van der Waals surface area contributed by atoms with E-state index in [1.165, 1.54) is 22.3 Å². The predicted molar refractivity (Wildman–Crippen MR) is 79.1 cm³/mol. The lowest BCUT2D eigenvalue weighted by Gasteiger charge is -2.18. The Kier molecular flexibility index (Phi) is 4.05. The molecule has 1 aromatic carbocycles. The molecule has 0 bridgehead atoms. The largest absolute Gasteiger partial charge is 0.304 e. The smallest absolute Gasteiger partial charge is 0.0762 e. The highest BCUT2D eigenvalue weighted by atomic mass is 15.3. The zero-order valence-electron chi connectivity index (χ0n) is 12.5. The third-order valence-electron chi connectivity index (χ3n) is 3.71. The zero-order chi connectivity index (χ0) is 14.0. The van der Waals surface area contributed by atoms with Crippen molar-refractivity contribution in [2.75, 3.05) is 0 Å². The molecule has 0 spiro atoms. The van der Waals surface area contributed by atoms with Gasteiger partial charge in [-0.05, 0) is 56.0 Å². The lowest BCUT2D eigenvalue weighted by Crippen LogP contribution is -2.19. The second-order valence-electron chi connectivity index (χ2n) is 5.38. The monoisotopic (exact) mass is 257 g/mol. The highest BCUT2D eigenvalue weighted by Gasteiger charge is 2.10. The molecule has 2 rings (SSSR count). The van der Waals surface area contributed by atoms with Gasteiger partial charge in [0, 0.05) is 25.8 Å². The first-order valence-electron chi connectivity index (χ1n) is 6.77. The number of benzene rings is 1. The molecule has 1 aromatic heterocycles. The van der Waals surface area contributed by atoms with E-state index in [1.807, 2.05) is 24.0 Å². The van der Waals surface area contributed by atoms with E-state index < -0.39 is 0 Å². The first-order valence-corrected chi connectivity index (χ1v) is 6.77. The summed E-state index contributed by atoms with van der Waals surface area (Å²) in [5, 5.41) is 7.92. The van der Waals surface area contributed by atoms with Crippen molar-refractivity contribution in [3.05, 3.63) is 52.3 Å². The van der Waals surface area contributed by atoms with Crippen LogP contribution in [0.3, 0.4) is 0 Å². The second kappa shape index (κ2) is 5.57. The maximum atomic E-state index is 4.38. The lowest BCUT2D eigenvalue weighted by molar-refractivity contribution is 0.559. The van der Waals surface area contributed by atoms with Crippen LogP contribution in [0.15, 0.2) is 24.4 Å². The Morgan fingerprint density at radius 3 is 2.47 bits per heavy atom. The number of aromatic nitrogens is 2. The zero-order valence-corrected chi connectivity index (χ0v) is 12.5. The van der Waals surface area contributed by atoms with E-state index in [0.29, 0.717) is 6.04 Å². The van der Waals surface area contributed by atoms with Gasteiger partial charge in [0.25, 0.3) is 0 Å². The molecular weight excluding hydrogens is 234 g/mol. The normalized spacial score (nSPS) is 12.7. The molecule has 0 aliphatic heterocycles. The second-order valence-corrected chi connectivity index (χ2v) is 5.38. The van der Waals surface area contributed by atoms with Crippen LogP contribution >= 0.6 is 0 Å². The molecule has 2 aromatic rings. The molecule has 1 N–H and O–H groups in total. The van der Waals surface area contributed by atoms with Crippen molar-refractivity contribution < 1.29 is 0 Å². The predicted octanol–water partition coefficient (Wildman–Crippen LogP) is 3.20. The van der Waals surface area contributed by atoms with Crippen LogP contribution in [0.25, 0.3) is 0 Å². The number of rotatable bonds is 4. The van der Waals surface area contributed by atoms with Crippen LogP contribution in [0.1, 0.15) is 40.9 Å². The Morgan fingerprint density at radius 2 is 1.84 bits per heavy atom. The third kappa shape index (κ3) is 3.24. The Balaban J connectivity index is 2.07. The molecule has 1 unspecified atom stereocenters. The average molecular weight is 257 g/mol. The van der Waals surface area contributed by atoms with E-state index in [-0.39, 0.29) is 0 Å². The maximum absolute atomic E-state index is 4.38. The number of nitrogens with zero attached hydrogens (tertiary/aromatic N) is 2. The van der Waals surface area contributed by atoms with Crippen molar-refractivity contribution in [2.45, 2.75) is 40.3 Å². The minimum absolute atomic E-state index is 0.335. The van der Waals surface area contributed by atoms with Crippen LogP contribution in [0, 0.1) is 20.8 Å². The highest BCUT2D eigenvalue weighted by molar-refractivity contribution is 5.38. The van der Waals surface area contributed by atoms with Crippen LogP contribution in [0.4, 0.5) is 0 Å². The Labute approximate surface area is 115 Å². The Bertz CT molecular complexity index is 569. The van der Waals surface area contributed by atoms with Crippen LogP contribution < -0.4 is 5.32 Å². The van der Waals surface area contributed by atoms with E-state index in [1.54, 1.807) is 0 Å². The number of hydrogen-bond acceptors (Lipinski definition) is 2. The molecule has 0 radical (unpaired) electrons. The molecule has 102 valence electrons. The van der Waals surface area contributed by atoms with Crippen molar-refractivity contribution in [2.24, 2.45) is 7.05 Å². The van der Waals surface area contributed by atoms with Gasteiger partial charge in [0.1, 0.15) is 0 Å². The van der Waals surface area contributed by atoms with Crippen LogP contribution in [-0.2, 0) is 13.6 Å². The molecule has 3 heteroatoms. The fraction of sp³-hybridized carbons (Fsp3) is 0.438. The maximum Gasteiger partial charge on any atom is 0.0762 e. The first kappa shape index (κ1) is 13.8. The molecule has 0 aliphatic carbocycles. The summed E-state index contributed by atoms with van der Waals surface area (Å²) in [6.45, 7) is 9.52. The minimum Gasteiger partial charge on any atom is -0.304 e. The highest BCUT2D eigenvalue weighted by Crippen LogP contribution is 2.21. The molecule has 0 amide bonds. The standard InChI is InChI=1S/C16H23N3/c1-11-8-13(3)16(9-12(11)2)14(4)17-10-15-6-7-19(5)18-15/h6-9,14,17H,10H2,1-5H3. The van der Waals surface area contributed by atoms with Crippen molar-refractivity contribution in [1.29, 1.82) is 0 Å². The van der Waals surface area contributed by atoms with Crippen molar-refractivity contribution in [3.63, 3.8) is 0 Å². The van der Waals surface area contributed by atoms with Crippen LogP contribution in [-0.4, -0.2) is 9.78 Å². The fourth-order valence-corrected chi connectivity index (χ4v) is 2.37. The van der Waals surface area contributed by atoms with E-state index in [4.69, 9.17) is 0 Å². The Hall–Kier alpha value is -1.61. The number of hydrogen-bond donors (Lipinski definition) is 1. The SMILES string of the molecule is Cc1cc(C)c(C(C)NCc2ccn(C)n2)cc1C. The summed E-state index contributed by atoms with van der Waals surface area (Å²) < 4.78 is 1.84. The van der Waals surface area contributed by atoms with Crippen molar-refractivity contribution in [1.82, 2.24) is 15.1 Å². The summed E-state index contributed by atoms with van der Waals surface area (Å²) in [6.07, 6.45) is 1.98. The summed E-state index contributed by atoms with van der Waals surface area (Å²) in [4.78, 5) is 0. The van der Waals surface area contributed by atoms with Gasteiger partial charge in [-0.25, -0.2) is 0 Å². The average Bonchev–Trinajstić information content (AvgIpc) is 2.77. The summed E-state index contributed by atoms with van der Waals surface area (Å²) in [5.74, 6) is 0. The molecular formula is C16H23N3. The molecule has 0 fully saturated rings. The van der Waals surface area contributed by atoms with E-state index in [2.05, 4.69) is 50.2 Å². The quantitative estimate of drug-likeness (QED) is 0.911. The van der Waals surface area contributed by atoms with Gasteiger partial charge in [-0.15, -0.1) is 0 Å². The van der Waals surface area contributed by atoms with Gasteiger partial charge in [0.15, 0.2) is 0 Å². The first-order chi connectivity index (χ1) is 8.97. The van der Waals surface area contributed by atoms with E-state index in [0.717, 1.165) is 12.2 Å². The lowest BCUT2D eigenvalue weighted by atomic mass is 9.96. The third-order valence-corrected chi connectivity index (χ3v) is 3.71. The van der Waals surface area contributed by atoms with Gasteiger partial charge < -0.3 is 5.32 Å². The van der Waals surface area contributed by atoms with E-state index in [9.17, 15) is 0 Å². The summed E-state index contributed by atoms with van der Waals surface area (Å²) in [6, 6.07) is 6.94. The molecule has 19 heavy (non-hydrogen) atoms. The molecule has 0 saturated heterocycles. The topological polar surface area (TPSA) is 29.9 Å². The van der Waals surface area contributed by atoms with Gasteiger partial charge in [-0.1, -0.05) is 12.1 Å². The van der Waals surface area contributed by atoms with Crippen LogP contribution in [0.2, 0.25) is 0 Å². The molecule has 0 aliphatic rings. The minimum atomic E-state index is 0.335. The van der Waals surface area contributed by atoms with Gasteiger partial charge in [-0.2, -0.15) is 5.10 Å². The fourth-order valence-electron chi connectivity index (χ4n) is 2.37. The van der Waals surface area contributed by atoms with Gasteiger partial charge >= 0.3 is 0 Å². The molecule has 3 nitrogen and oxygen atoms in total. The molecule has 1 atom stereocenters. The number of nitrogens with one attached hydrogen (secondary N) is 1. The summed E-state index contributed by atoms with van der Waals surface area (Å²) in [5.41, 5.74) is 6.52.